The van der Waals surface area contributed by atoms with Crippen molar-refractivity contribution in [2.75, 3.05) is 5.32 Å². The third-order valence-electron chi connectivity index (χ3n) is 5.89. The number of amides is 1. The fourth-order valence-corrected chi connectivity index (χ4v) is 4.40. The second-order valence-electron chi connectivity index (χ2n) is 7.95. The lowest BCUT2D eigenvalue weighted by Crippen LogP contribution is -2.31. The molecule has 1 amide bonds. The van der Waals surface area contributed by atoms with Crippen molar-refractivity contribution in [1.29, 1.82) is 0 Å². The fraction of sp³-hybridized carbons (Fsp3) is 0.200. The molecular formula is C25H23N5O3. The van der Waals surface area contributed by atoms with Gasteiger partial charge in [0.25, 0.3) is 11.5 Å². The number of hydrogen-bond acceptors (Lipinski definition) is 4. The van der Waals surface area contributed by atoms with Crippen molar-refractivity contribution < 1.29 is 4.79 Å². The Kier molecular flexibility index (Phi) is 5.05. The summed E-state index contributed by atoms with van der Waals surface area (Å²) in [6.07, 6.45) is 2.10. The van der Waals surface area contributed by atoms with Crippen LogP contribution >= 0.6 is 0 Å². The standard InChI is InChI=1S/C25H23N5O3/c1-3-11-30-22-19(24(32)28-25(30)33)12-15(14-26-22)23(31)27-16-9-10-21-18(13-16)17-7-5-6-8-20(17)29(21)4-2/h5-10,12-14H,3-4,11H2,1-2H3,(H,27,31)(H,28,32,33). The van der Waals surface area contributed by atoms with E-state index in [-0.39, 0.29) is 22.5 Å². The summed E-state index contributed by atoms with van der Waals surface area (Å²) in [5, 5.41) is 5.30. The maximum absolute atomic E-state index is 13.0. The topological polar surface area (TPSA) is 102 Å². The number of nitrogens with one attached hydrogen (secondary N) is 2. The number of carbonyl (C=O) groups is 1. The van der Waals surface area contributed by atoms with E-state index in [0.29, 0.717) is 18.7 Å². The second-order valence-corrected chi connectivity index (χ2v) is 7.95. The van der Waals surface area contributed by atoms with Gasteiger partial charge in [-0.1, -0.05) is 25.1 Å². The lowest BCUT2D eigenvalue weighted by molar-refractivity contribution is 0.102. The molecule has 0 unspecified atom stereocenters. The molecular weight excluding hydrogens is 418 g/mol. The molecule has 2 N–H and O–H groups in total. The maximum atomic E-state index is 13.0. The number of para-hydroxylation sites is 1. The number of benzene rings is 2. The Bertz CT molecular complexity index is 1660. The Labute approximate surface area is 188 Å². The first-order valence-corrected chi connectivity index (χ1v) is 11.0. The summed E-state index contributed by atoms with van der Waals surface area (Å²) in [7, 11) is 0. The molecule has 3 heterocycles. The van der Waals surface area contributed by atoms with Crippen molar-refractivity contribution in [1.82, 2.24) is 19.1 Å². The molecule has 0 atom stereocenters. The van der Waals surface area contributed by atoms with Gasteiger partial charge in [-0.05, 0) is 43.7 Å². The van der Waals surface area contributed by atoms with Gasteiger partial charge in [0.15, 0.2) is 0 Å². The van der Waals surface area contributed by atoms with E-state index in [0.717, 1.165) is 28.4 Å². The molecule has 0 saturated heterocycles. The van der Waals surface area contributed by atoms with Gasteiger partial charge in [0.05, 0.1) is 10.9 Å². The number of hydrogen-bond donors (Lipinski definition) is 2. The Morgan fingerprint density at radius 2 is 1.76 bits per heavy atom. The van der Waals surface area contributed by atoms with Gasteiger partial charge in [0, 0.05) is 46.8 Å². The van der Waals surface area contributed by atoms with E-state index in [1.54, 1.807) is 0 Å². The molecule has 8 nitrogen and oxygen atoms in total. The highest BCUT2D eigenvalue weighted by Gasteiger charge is 2.15. The number of anilines is 1. The first-order chi connectivity index (χ1) is 16.0. The zero-order chi connectivity index (χ0) is 23.1. The lowest BCUT2D eigenvalue weighted by atomic mass is 10.1. The summed E-state index contributed by atoms with van der Waals surface area (Å²) >= 11 is 0. The monoisotopic (exact) mass is 441 g/mol. The van der Waals surface area contributed by atoms with E-state index in [1.165, 1.54) is 16.8 Å². The molecule has 0 fully saturated rings. The number of pyridine rings is 1. The molecule has 5 rings (SSSR count). The van der Waals surface area contributed by atoms with Crippen molar-refractivity contribution in [2.45, 2.75) is 33.4 Å². The Hall–Kier alpha value is -4.20. The van der Waals surface area contributed by atoms with Gasteiger partial charge in [0.1, 0.15) is 5.65 Å². The van der Waals surface area contributed by atoms with Crippen LogP contribution in [-0.4, -0.2) is 25.0 Å². The van der Waals surface area contributed by atoms with Gasteiger partial charge in [-0.25, -0.2) is 9.78 Å². The molecule has 5 aromatic rings. The number of aromatic amines is 1. The van der Waals surface area contributed by atoms with Crippen molar-refractivity contribution in [2.24, 2.45) is 0 Å². The smallest absolute Gasteiger partial charge is 0.329 e. The van der Waals surface area contributed by atoms with Crippen molar-refractivity contribution in [3.63, 3.8) is 0 Å². The summed E-state index contributed by atoms with van der Waals surface area (Å²) in [6.45, 7) is 5.31. The first-order valence-electron chi connectivity index (χ1n) is 11.0. The summed E-state index contributed by atoms with van der Waals surface area (Å²) in [5.74, 6) is -0.379. The van der Waals surface area contributed by atoms with Gasteiger partial charge in [-0.15, -0.1) is 0 Å². The molecule has 8 heteroatoms. The van der Waals surface area contributed by atoms with E-state index < -0.39 is 11.2 Å². The van der Waals surface area contributed by atoms with Crippen LogP contribution in [-0.2, 0) is 13.1 Å². The van der Waals surface area contributed by atoms with E-state index in [2.05, 4.69) is 38.9 Å². The number of nitrogens with zero attached hydrogens (tertiary/aromatic N) is 3. The third-order valence-corrected chi connectivity index (χ3v) is 5.89. The van der Waals surface area contributed by atoms with Gasteiger partial charge < -0.3 is 9.88 Å². The normalized spacial score (nSPS) is 11.5. The molecule has 0 aliphatic heterocycles. The zero-order valence-corrected chi connectivity index (χ0v) is 18.4. The molecule has 0 aliphatic carbocycles. The van der Waals surface area contributed by atoms with Crippen LogP contribution in [0.25, 0.3) is 32.8 Å². The molecule has 0 spiro atoms. The van der Waals surface area contributed by atoms with Crippen LogP contribution in [0.5, 0.6) is 0 Å². The average molecular weight is 441 g/mol. The number of rotatable bonds is 5. The van der Waals surface area contributed by atoms with Crippen LogP contribution in [0.3, 0.4) is 0 Å². The van der Waals surface area contributed by atoms with Crippen LogP contribution in [0.15, 0.2) is 64.3 Å². The highest BCUT2D eigenvalue weighted by atomic mass is 16.2. The van der Waals surface area contributed by atoms with Crippen LogP contribution in [0.1, 0.15) is 30.6 Å². The second kappa shape index (κ2) is 8.05. The first kappa shape index (κ1) is 20.7. The molecule has 3 aromatic heterocycles. The predicted octanol–water partition coefficient (Wildman–Crippen LogP) is 3.87. The van der Waals surface area contributed by atoms with Gasteiger partial charge >= 0.3 is 5.69 Å². The SMILES string of the molecule is CCCn1c(=O)[nH]c(=O)c2cc(C(=O)Nc3ccc4c(c3)c3ccccc3n4CC)cnc21. The molecule has 166 valence electrons. The average Bonchev–Trinajstić information content (AvgIpc) is 3.14. The van der Waals surface area contributed by atoms with Crippen molar-refractivity contribution in [3.8, 4) is 0 Å². The van der Waals surface area contributed by atoms with Crippen LogP contribution in [0.4, 0.5) is 5.69 Å². The fourth-order valence-electron chi connectivity index (χ4n) is 4.40. The van der Waals surface area contributed by atoms with Gasteiger partial charge in [0.2, 0.25) is 0 Å². The van der Waals surface area contributed by atoms with Crippen molar-refractivity contribution >= 4 is 44.4 Å². The van der Waals surface area contributed by atoms with Crippen LogP contribution in [0, 0.1) is 0 Å². The minimum absolute atomic E-state index is 0.206. The Morgan fingerprint density at radius 1 is 0.970 bits per heavy atom. The summed E-state index contributed by atoms with van der Waals surface area (Å²) < 4.78 is 3.65. The summed E-state index contributed by atoms with van der Waals surface area (Å²) in [5.41, 5.74) is 2.36. The Morgan fingerprint density at radius 3 is 2.55 bits per heavy atom. The van der Waals surface area contributed by atoms with E-state index in [1.807, 2.05) is 37.3 Å². The quantitative estimate of drug-likeness (QED) is 0.432. The predicted molar refractivity (Wildman–Crippen MR) is 130 cm³/mol. The number of H-pyrrole nitrogens is 1. The van der Waals surface area contributed by atoms with Crippen LogP contribution in [0.2, 0.25) is 0 Å². The lowest BCUT2D eigenvalue weighted by Gasteiger charge is -2.09. The molecule has 0 radical (unpaired) electrons. The molecule has 2 aromatic carbocycles. The number of aromatic nitrogens is 4. The molecule has 0 bridgehead atoms. The van der Waals surface area contributed by atoms with Crippen LogP contribution < -0.4 is 16.6 Å². The largest absolute Gasteiger partial charge is 0.341 e. The highest BCUT2D eigenvalue weighted by Crippen LogP contribution is 2.31. The molecule has 0 saturated carbocycles. The zero-order valence-electron chi connectivity index (χ0n) is 18.4. The number of fused-ring (bicyclic) bond motifs is 4. The summed E-state index contributed by atoms with van der Waals surface area (Å²) in [4.78, 5) is 44.0. The van der Waals surface area contributed by atoms with E-state index in [9.17, 15) is 14.4 Å². The Balaban J connectivity index is 1.54. The van der Waals surface area contributed by atoms with E-state index in [4.69, 9.17) is 0 Å². The highest BCUT2D eigenvalue weighted by molar-refractivity contribution is 6.11. The maximum Gasteiger partial charge on any atom is 0.329 e. The number of aryl methyl sites for hydroxylation is 2. The number of carbonyl (C=O) groups excluding carboxylic acids is 1. The van der Waals surface area contributed by atoms with E-state index >= 15 is 0 Å². The minimum Gasteiger partial charge on any atom is -0.341 e. The molecule has 0 aliphatic rings. The van der Waals surface area contributed by atoms with Crippen molar-refractivity contribution in [3.05, 3.63) is 81.1 Å². The van der Waals surface area contributed by atoms with Gasteiger partial charge in [-0.2, -0.15) is 0 Å². The summed E-state index contributed by atoms with van der Waals surface area (Å²) in [6, 6.07) is 15.5. The van der Waals surface area contributed by atoms with Gasteiger partial charge in [-0.3, -0.25) is 19.1 Å². The molecule has 33 heavy (non-hydrogen) atoms. The third kappa shape index (κ3) is 3.40. The minimum atomic E-state index is -0.557.